The van der Waals surface area contributed by atoms with Gasteiger partial charge in [-0.1, -0.05) is 0 Å². The van der Waals surface area contributed by atoms with Gasteiger partial charge in [-0.2, -0.15) is 0 Å². The third-order valence-electron chi connectivity index (χ3n) is 1.95. The van der Waals surface area contributed by atoms with Crippen LogP contribution in [0.1, 0.15) is 0 Å². The standard InChI is InChI=1S/C6H13NO4S.ClH/c7-3-5(10)4(9)2(1-8)12-6(3)11;/h2-6,8-11H,1,7H2;1H/t2-,3+,4-,5-,6?;/m0./s1. The van der Waals surface area contributed by atoms with E-state index in [1.807, 2.05) is 0 Å². The molecule has 1 fully saturated rings. The van der Waals surface area contributed by atoms with Crippen LogP contribution in [0.5, 0.6) is 0 Å². The quantitative estimate of drug-likeness (QED) is 0.354. The van der Waals surface area contributed by atoms with Gasteiger partial charge in [-0.25, -0.2) is 0 Å². The van der Waals surface area contributed by atoms with Crippen LogP contribution in [0, 0.1) is 0 Å². The molecule has 0 saturated carbocycles. The van der Waals surface area contributed by atoms with Gasteiger partial charge in [0, 0.05) is 0 Å². The van der Waals surface area contributed by atoms with Crippen LogP contribution in [0.2, 0.25) is 0 Å². The zero-order valence-corrected chi connectivity index (χ0v) is 8.41. The van der Waals surface area contributed by atoms with E-state index in [9.17, 15) is 15.3 Å². The molecule has 7 heteroatoms. The zero-order chi connectivity index (χ0) is 9.30. The van der Waals surface area contributed by atoms with E-state index < -0.39 is 28.9 Å². The van der Waals surface area contributed by atoms with Crippen LogP contribution in [0.15, 0.2) is 0 Å². The first-order chi connectivity index (χ1) is 5.57. The molecule has 1 aliphatic rings. The highest BCUT2D eigenvalue weighted by Gasteiger charge is 2.41. The fourth-order valence-electron chi connectivity index (χ4n) is 1.12. The summed E-state index contributed by atoms with van der Waals surface area (Å²) in [6, 6.07) is -0.854. The summed E-state index contributed by atoms with van der Waals surface area (Å²) in [4.78, 5) is 0. The Morgan fingerprint density at radius 2 is 1.69 bits per heavy atom. The Hall–Kier alpha value is 0.440. The van der Waals surface area contributed by atoms with Gasteiger partial charge in [0.2, 0.25) is 0 Å². The average molecular weight is 232 g/mol. The summed E-state index contributed by atoms with van der Waals surface area (Å²) in [7, 11) is 0. The molecule has 1 heterocycles. The van der Waals surface area contributed by atoms with Crippen molar-refractivity contribution in [2.45, 2.75) is 28.9 Å². The van der Waals surface area contributed by atoms with Crippen molar-refractivity contribution in [3.8, 4) is 0 Å². The molecule has 1 unspecified atom stereocenters. The summed E-state index contributed by atoms with van der Waals surface area (Å²) in [5.41, 5.74) is 4.44. The minimum Gasteiger partial charge on any atom is -0.395 e. The highest BCUT2D eigenvalue weighted by atomic mass is 35.5. The SMILES string of the molecule is Cl.N[C@H]1C(O)S[C@@H](CO)[C@H](O)[C@H]1O. The van der Waals surface area contributed by atoms with Gasteiger partial charge in [0.25, 0.3) is 0 Å². The van der Waals surface area contributed by atoms with Crippen LogP contribution in [-0.4, -0.2) is 56.0 Å². The molecule has 5 nitrogen and oxygen atoms in total. The molecular weight excluding hydrogens is 218 g/mol. The summed E-state index contributed by atoms with van der Waals surface area (Å²) in [5.74, 6) is 0. The lowest BCUT2D eigenvalue weighted by atomic mass is 10.0. The molecule has 1 saturated heterocycles. The molecule has 0 aromatic carbocycles. The fourth-order valence-corrected chi connectivity index (χ4v) is 2.23. The molecule has 1 aliphatic heterocycles. The number of nitrogens with two attached hydrogens (primary N) is 1. The smallest absolute Gasteiger partial charge is 0.117 e. The Balaban J connectivity index is 0.00000144. The third-order valence-corrected chi connectivity index (χ3v) is 3.32. The summed E-state index contributed by atoms with van der Waals surface area (Å²) in [6.45, 7) is -0.285. The van der Waals surface area contributed by atoms with Crippen molar-refractivity contribution in [1.29, 1.82) is 0 Å². The van der Waals surface area contributed by atoms with E-state index in [1.54, 1.807) is 0 Å². The molecule has 0 bridgehead atoms. The fraction of sp³-hybridized carbons (Fsp3) is 1.00. The van der Waals surface area contributed by atoms with Gasteiger partial charge in [0.05, 0.1) is 30.1 Å². The van der Waals surface area contributed by atoms with Crippen LogP contribution in [0.3, 0.4) is 0 Å². The normalized spacial score (nSPS) is 45.5. The van der Waals surface area contributed by atoms with E-state index in [1.165, 1.54) is 0 Å². The third kappa shape index (κ3) is 2.69. The highest BCUT2D eigenvalue weighted by Crippen LogP contribution is 2.29. The van der Waals surface area contributed by atoms with Gasteiger partial charge >= 0.3 is 0 Å². The van der Waals surface area contributed by atoms with Crippen molar-refractivity contribution < 1.29 is 20.4 Å². The molecule has 0 aliphatic carbocycles. The van der Waals surface area contributed by atoms with Gasteiger partial charge in [-0.3, -0.25) is 0 Å². The predicted octanol–water partition coefficient (Wildman–Crippen LogP) is -2.12. The van der Waals surface area contributed by atoms with Crippen molar-refractivity contribution in [3.63, 3.8) is 0 Å². The lowest BCUT2D eigenvalue weighted by Crippen LogP contribution is -2.57. The monoisotopic (exact) mass is 231 g/mol. The molecule has 0 aromatic rings. The summed E-state index contributed by atoms with van der Waals surface area (Å²) in [6.07, 6.45) is -2.24. The molecular formula is C6H14ClNO4S. The van der Waals surface area contributed by atoms with Crippen molar-refractivity contribution >= 4 is 24.2 Å². The van der Waals surface area contributed by atoms with E-state index >= 15 is 0 Å². The van der Waals surface area contributed by atoms with Crippen LogP contribution < -0.4 is 5.73 Å². The Morgan fingerprint density at radius 1 is 1.15 bits per heavy atom. The summed E-state index contributed by atoms with van der Waals surface area (Å²) in [5, 5.41) is 36.0. The van der Waals surface area contributed by atoms with E-state index in [0.29, 0.717) is 0 Å². The first-order valence-corrected chi connectivity index (χ1v) is 4.58. The topological polar surface area (TPSA) is 107 Å². The van der Waals surface area contributed by atoms with Gasteiger partial charge in [-0.05, 0) is 0 Å². The average Bonchev–Trinajstić information content (AvgIpc) is 2.08. The number of aliphatic hydroxyl groups is 4. The molecule has 13 heavy (non-hydrogen) atoms. The van der Waals surface area contributed by atoms with E-state index in [-0.39, 0.29) is 19.0 Å². The largest absolute Gasteiger partial charge is 0.395 e. The second kappa shape index (κ2) is 5.35. The predicted molar refractivity (Wildman–Crippen MR) is 51.7 cm³/mol. The minimum absolute atomic E-state index is 0. The van der Waals surface area contributed by atoms with Gasteiger partial charge in [0.15, 0.2) is 0 Å². The van der Waals surface area contributed by atoms with E-state index in [0.717, 1.165) is 11.8 Å². The van der Waals surface area contributed by atoms with Crippen molar-refractivity contribution in [2.24, 2.45) is 5.73 Å². The van der Waals surface area contributed by atoms with Crippen LogP contribution in [-0.2, 0) is 0 Å². The van der Waals surface area contributed by atoms with Crippen LogP contribution in [0.25, 0.3) is 0 Å². The molecule has 0 spiro atoms. The molecule has 0 aromatic heterocycles. The van der Waals surface area contributed by atoms with E-state index in [2.05, 4.69) is 0 Å². The number of hydrogen-bond donors (Lipinski definition) is 5. The van der Waals surface area contributed by atoms with Crippen molar-refractivity contribution in [3.05, 3.63) is 0 Å². The van der Waals surface area contributed by atoms with Gasteiger partial charge in [0.1, 0.15) is 5.44 Å². The molecule has 80 valence electrons. The first-order valence-electron chi connectivity index (χ1n) is 3.64. The lowest BCUT2D eigenvalue weighted by molar-refractivity contribution is -0.0279. The first kappa shape index (κ1) is 13.4. The summed E-state index contributed by atoms with van der Waals surface area (Å²) >= 11 is 0.977. The molecule has 0 amide bonds. The molecule has 0 radical (unpaired) electrons. The Morgan fingerprint density at radius 3 is 2.15 bits per heavy atom. The zero-order valence-electron chi connectivity index (χ0n) is 6.78. The van der Waals surface area contributed by atoms with Crippen LogP contribution >= 0.6 is 24.2 Å². The van der Waals surface area contributed by atoms with E-state index in [4.69, 9.17) is 10.8 Å². The van der Waals surface area contributed by atoms with Gasteiger partial charge in [-0.15, -0.1) is 24.2 Å². The second-order valence-electron chi connectivity index (χ2n) is 2.81. The maximum atomic E-state index is 9.30. The van der Waals surface area contributed by atoms with Crippen molar-refractivity contribution in [1.82, 2.24) is 0 Å². The van der Waals surface area contributed by atoms with Crippen LogP contribution in [0.4, 0.5) is 0 Å². The minimum atomic E-state index is -1.17. The Kier molecular flexibility index (Phi) is 5.53. The molecule has 1 rings (SSSR count). The van der Waals surface area contributed by atoms with Gasteiger partial charge < -0.3 is 26.2 Å². The lowest BCUT2D eigenvalue weighted by Gasteiger charge is -2.37. The number of halogens is 1. The number of thioether (sulfide) groups is 1. The number of aliphatic hydroxyl groups excluding tert-OH is 4. The Bertz CT molecular complexity index is 159. The number of rotatable bonds is 1. The maximum absolute atomic E-state index is 9.30. The van der Waals surface area contributed by atoms with Crippen molar-refractivity contribution in [2.75, 3.05) is 6.61 Å². The highest BCUT2D eigenvalue weighted by molar-refractivity contribution is 8.00. The molecule has 5 atom stereocenters. The molecule has 6 N–H and O–H groups in total. The number of hydrogen-bond acceptors (Lipinski definition) is 6. The second-order valence-corrected chi connectivity index (χ2v) is 4.17. The Labute approximate surface area is 86.4 Å². The summed E-state index contributed by atoms with van der Waals surface area (Å²) < 4.78 is 0. The maximum Gasteiger partial charge on any atom is 0.117 e.